The number of rotatable bonds is 5. The number of fused-ring (bicyclic) bond motifs is 8. The highest BCUT2D eigenvalue weighted by Gasteiger charge is 2.36. The normalized spacial score (nSPS) is 13.1. The zero-order valence-electron chi connectivity index (χ0n) is 30.8. The smallest absolute Gasteiger partial charge is 0.136 e. The average molecular weight is 704 g/mol. The number of hydrogen-bond donors (Lipinski definition) is 0. The van der Waals surface area contributed by atoms with Gasteiger partial charge < -0.3 is 9.32 Å². The number of anilines is 3. The van der Waals surface area contributed by atoms with E-state index in [0.29, 0.717) is 0 Å². The predicted molar refractivity (Wildman–Crippen MR) is 232 cm³/mol. The first-order valence-corrected chi connectivity index (χ1v) is 19.1. The third kappa shape index (κ3) is 4.95. The van der Waals surface area contributed by atoms with Gasteiger partial charge >= 0.3 is 0 Å². The van der Waals surface area contributed by atoms with E-state index in [2.05, 4.69) is 207 Å². The minimum absolute atomic E-state index is 0.135. The molecule has 0 atom stereocenters. The Morgan fingerprint density at radius 2 is 1.04 bits per heavy atom. The van der Waals surface area contributed by atoms with E-state index < -0.39 is 0 Å². The summed E-state index contributed by atoms with van der Waals surface area (Å²) in [6, 6.07) is 68.6. The van der Waals surface area contributed by atoms with E-state index in [-0.39, 0.29) is 5.41 Å². The molecule has 0 radical (unpaired) electrons. The van der Waals surface area contributed by atoms with E-state index >= 15 is 0 Å². The summed E-state index contributed by atoms with van der Waals surface area (Å²) in [5.41, 5.74) is 15.0. The summed E-state index contributed by atoms with van der Waals surface area (Å²) in [7, 11) is 0. The SMILES string of the molecule is CC1(C)c2ccccc2-c2ccc(N(c3cccc(-c4ccc5ccccc5c4)c3)c3ccccc3-c3cccc4oc5cc6ccccc6cc5c34)cc21. The van der Waals surface area contributed by atoms with Gasteiger partial charge in [0, 0.05) is 33.1 Å². The van der Waals surface area contributed by atoms with Gasteiger partial charge in [0.25, 0.3) is 0 Å². The van der Waals surface area contributed by atoms with Crippen LogP contribution in [0.1, 0.15) is 25.0 Å². The first kappa shape index (κ1) is 31.6. The van der Waals surface area contributed by atoms with Crippen LogP contribution in [0, 0.1) is 0 Å². The molecule has 0 fully saturated rings. The van der Waals surface area contributed by atoms with E-state index in [1.165, 1.54) is 54.9 Å². The van der Waals surface area contributed by atoms with Crippen molar-refractivity contribution in [3.8, 4) is 33.4 Å². The van der Waals surface area contributed by atoms with Gasteiger partial charge in [-0.3, -0.25) is 0 Å². The second kappa shape index (κ2) is 12.1. The molecule has 1 aliphatic carbocycles. The summed E-state index contributed by atoms with van der Waals surface area (Å²) in [6.45, 7) is 4.71. The van der Waals surface area contributed by atoms with Crippen LogP contribution in [0.15, 0.2) is 192 Å². The molecule has 11 rings (SSSR count). The molecule has 1 heterocycles. The van der Waals surface area contributed by atoms with E-state index in [4.69, 9.17) is 4.42 Å². The maximum atomic E-state index is 6.58. The molecular weight excluding hydrogens is 667 g/mol. The third-order valence-electron chi connectivity index (χ3n) is 11.8. The molecule has 0 unspecified atom stereocenters. The van der Waals surface area contributed by atoms with Gasteiger partial charge in [-0.1, -0.05) is 147 Å². The van der Waals surface area contributed by atoms with Crippen molar-refractivity contribution in [2.24, 2.45) is 0 Å². The molecule has 0 aliphatic heterocycles. The number of para-hydroxylation sites is 1. The van der Waals surface area contributed by atoms with Gasteiger partial charge in [0.2, 0.25) is 0 Å². The topological polar surface area (TPSA) is 16.4 Å². The Labute approximate surface area is 320 Å². The van der Waals surface area contributed by atoms with Crippen LogP contribution in [-0.4, -0.2) is 0 Å². The van der Waals surface area contributed by atoms with Gasteiger partial charge in [0.15, 0.2) is 0 Å². The van der Waals surface area contributed by atoms with Gasteiger partial charge in [-0.05, 0) is 115 Å². The minimum atomic E-state index is -0.135. The molecule has 10 aromatic rings. The van der Waals surface area contributed by atoms with E-state index in [1.54, 1.807) is 0 Å². The average Bonchev–Trinajstić information content (AvgIpc) is 3.71. The molecule has 55 heavy (non-hydrogen) atoms. The van der Waals surface area contributed by atoms with Gasteiger partial charge in [0.05, 0.1) is 5.69 Å². The Hall–Kier alpha value is -6.90. The first-order chi connectivity index (χ1) is 27.0. The molecule has 9 aromatic carbocycles. The lowest BCUT2D eigenvalue weighted by atomic mass is 9.82. The Morgan fingerprint density at radius 1 is 0.400 bits per heavy atom. The lowest BCUT2D eigenvalue weighted by molar-refractivity contribution is 0.660. The highest BCUT2D eigenvalue weighted by Crippen LogP contribution is 2.52. The van der Waals surface area contributed by atoms with Gasteiger partial charge in [-0.25, -0.2) is 0 Å². The molecule has 1 aliphatic rings. The van der Waals surface area contributed by atoms with Crippen LogP contribution in [0.3, 0.4) is 0 Å². The van der Waals surface area contributed by atoms with Crippen molar-refractivity contribution in [2.45, 2.75) is 19.3 Å². The molecule has 2 nitrogen and oxygen atoms in total. The Bertz CT molecular complexity index is 3150. The Balaban J connectivity index is 1.15. The maximum absolute atomic E-state index is 6.58. The summed E-state index contributed by atoms with van der Waals surface area (Å²) in [5.74, 6) is 0. The summed E-state index contributed by atoms with van der Waals surface area (Å²) < 4.78 is 6.58. The summed E-state index contributed by atoms with van der Waals surface area (Å²) in [6.07, 6.45) is 0. The van der Waals surface area contributed by atoms with Crippen LogP contribution in [0.5, 0.6) is 0 Å². The minimum Gasteiger partial charge on any atom is -0.456 e. The van der Waals surface area contributed by atoms with Crippen LogP contribution < -0.4 is 4.90 Å². The molecule has 1 aromatic heterocycles. The van der Waals surface area contributed by atoms with Crippen molar-refractivity contribution in [1.82, 2.24) is 0 Å². The predicted octanol–water partition coefficient (Wildman–Crippen LogP) is 15.0. The lowest BCUT2D eigenvalue weighted by Gasteiger charge is -2.30. The molecule has 0 amide bonds. The number of benzene rings is 9. The Kier molecular flexibility index (Phi) is 6.93. The third-order valence-corrected chi connectivity index (χ3v) is 11.8. The van der Waals surface area contributed by atoms with Crippen molar-refractivity contribution >= 4 is 60.5 Å². The van der Waals surface area contributed by atoms with Crippen molar-refractivity contribution in [1.29, 1.82) is 0 Å². The van der Waals surface area contributed by atoms with Crippen molar-refractivity contribution < 1.29 is 4.42 Å². The summed E-state index contributed by atoms with van der Waals surface area (Å²) in [4.78, 5) is 2.45. The fourth-order valence-corrected chi connectivity index (χ4v) is 9.08. The zero-order chi connectivity index (χ0) is 36.7. The summed E-state index contributed by atoms with van der Waals surface area (Å²) in [5, 5.41) is 7.12. The molecular formula is C53H37NO. The van der Waals surface area contributed by atoms with Crippen molar-refractivity contribution in [3.63, 3.8) is 0 Å². The van der Waals surface area contributed by atoms with Crippen molar-refractivity contribution in [3.05, 3.63) is 199 Å². The molecule has 0 saturated carbocycles. The first-order valence-electron chi connectivity index (χ1n) is 19.1. The second-order valence-electron chi connectivity index (χ2n) is 15.3. The van der Waals surface area contributed by atoms with Crippen LogP contribution in [0.4, 0.5) is 17.1 Å². The molecule has 260 valence electrons. The highest BCUT2D eigenvalue weighted by atomic mass is 16.3. The van der Waals surface area contributed by atoms with Crippen molar-refractivity contribution in [2.75, 3.05) is 4.90 Å². The van der Waals surface area contributed by atoms with Crippen LogP contribution in [0.2, 0.25) is 0 Å². The standard InChI is InChI=1S/C53H37NO/c1-53(2)47-22-9-7-19-42(47)43-28-27-41(33-48(43)53)54(40-18-11-17-36(30-40)39-26-25-34-13-3-4-14-35(34)29-39)49-23-10-8-20-44(49)45-21-12-24-50-52(45)46-31-37-15-5-6-16-38(37)32-51(46)55-50/h3-33H,1-2H3. The fraction of sp³-hybridized carbons (Fsp3) is 0.0566. The zero-order valence-corrected chi connectivity index (χ0v) is 30.8. The quantitative estimate of drug-likeness (QED) is 0.177. The fourth-order valence-electron chi connectivity index (χ4n) is 9.08. The van der Waals surface area contributed by atoms with E-state index in [1.807, 2.05) is 0 Å². The maximum Gasteiger partial charge on any atom is 0.136 e. The molecule has 0 saturated heterocycles. The lowest BCUT2D eigenvalue weighted by Crippen LogP contribution is -2.17. The molecule has 0 bridgehead atoms. The second-order valence-corrected chi connectivity index (χ2v) is 15.3. The van der Waals surface area contributed by atoms with Crippen LogP contribution >= 0.6 is 0 Å². The van der Waals surface area contributed by atoms with E-state index in [0.717, 1.165) is 50.1 Å². The van der Waals surface area contributed by atoms with Gasteiger partial charge in [0.1, 0.15) is 11.2 Å². The molecule has 2 heteroatoms. The molecule has 0 N–H and O–H groups in total. The summed E-state index contributed by atoms with van der Waals surface area (Å²) >= 11 is 0. The van der Waals surface area contributed by atoms with Crippen LogP contribution in [0.25, 0.3) is 76.9 Å². The number of nitrogens with zero attached hydrogens (tertiary/aromatic N) is 1. The largest absolute Gasteiger partial charge is 0.456 e. The molecule has 0 spiro atoms. The number of furan rings is 1. The van der Waals surface area contributed by atoms with Crippen LogP contribution in [-0.2, 0) is 5.41 Å². The van der Waals surface area contributed by atoms with Gasteiger partial charge in [-0.15, -0.1) is 0 Å². The number of hydrogen-bond acceptors (Lipinski definition) is 2. The Morgan fingerprint density at radius 3 is 1.89 bits per heavy atom. The monoisotopic (exact) mass is 703 g/mol. The van der Waals surface area contributed by atoms with Gasteiger partial charge in [-0.2, -0.15) is 0 Å². The van der Waals surface area contributed by atoms with E-state index in [9.17, 15) is 0 Å². The highest BCUT2D eigenvalue weighted by molar-refractivity contribution is 6.16.